The van der Waals surface area contributed by atoms with Crippen molar-refractivity contribution in [3.05, 3.63) is 24.3 Å². The van der Waals surface area contributed by atoms with E-state index in [0.717, 1.165) is 0 Å². The van der Waals surface area contributed by atoms with Crippen LogP contribution >= 0.6 is 15.9 Å². The van der Waals surface area contributed by atoms with Gasteiger partial charge in [0.25, 0.3) is 5.91 Å². The SMILES string of the molecule is CC(Br)CN(C)C(=O)C1COc2ccccc2O1. The number of benzene rings is 1. The van der Waals surface area contributed by atoms with Crippen molar-refractivity contribution in [2.45, 2.75) is 17.9 Å². The van der Waals surface area contributed by atoms with Gasteiger partial charge in [-0.05, 0) is 12.1 Å². The van der Waals surface area contributed by atoms with Crippen LogP contribution in [0.25, 0.3) is 0 Å². The minimum Gasteiger partial charge on any atom is -0.485 e. The van der Waals surface area contributed by atoms with Gasteiger partial charge in [0.05, 0.1) is 0 Å². The Kier molecular flexibility index (Phi) is 4.11. The van der Waals surface area contributed by atoms with Crippen LogP contribution in [0.1, 0.15) is 6.92 Å². The normalized spacial score (nSPS) is 19.2. The highest BCUT2D eigenvalue weighted by atomic mass is 79.9. The van der Waals surface area contributed by atoms with Crippen molar-refractivity contribution in [3.8, 4) is 11.5 Å². The van der Waals surface area contributed by atoms with Gasteiger partial charge >= 0.3 is 0 Å². The molecular weight excluding hydrogens is 298 g/mol. The number of carbonyl (C=O) groups excluding carboxylic acids is 1. The number of halogens is 1. The maximum absolute atomic E-state index is 12.1. The van der Waals surface area contributed by atoms with E-state index in [-0.39, 0.29) is 17.3 Å². The van der Waals surface area contributed by atoms with Crippen LogP contribution in [0.3, 0.4) is 0 Å². The van der Waals surface area contributed by atoms with Crippen molar-refractivity contribution in [3.63, 3.8) is 0 Å². The summed E-state index contributed by atoms with van der Waals surface area (Å²) in [5, 5.41) is 0. The molecule has 18 heavy (non-hydrogen) atoms. The Balaban J connectivity index is 2.02. The molecule has 2 unspecified atom stereocenters. The van der Waals surface area contributed by atoms with Gasteiger partial charge in [0.15, 0.2) is 11.5 Å². The maximum Gasteiger partial charge on any atom is 0.267 e. The zero-order valence-corrected chi connectivity index (χ0v) is 12.0. The summed E-state index contributed by atoms with van der Waals surface area (Å²) in [5.74, 6) is 1.26. The molecule has 0 saturated carbocycles. The molecule has 1 amide bonds. The van der Waals surface area contributed by atoms with Crippen LogP contribution in [0.15, 0.2) is 24.3 Å². The quantitative estimate of drug-likeness (QED) is 0.802. The molecule has 0 spiro atoms. The maximum atomic E-state index is 12.1. The molecule has 0 bridgehead atoms. The van der Waals surface area contributed by atoms with Crippen molar-refractivity contribution in [2.75, 3.05) is 20.2 Å². The predicted molar refractivity (Wildman–Crippen MR) is 72.4 cm³/mol. The minimum absolute atomic E-state index is 0.0594. The average molecular weight is 314 g/mol. The van der Waals surface area contributed by atoms with E-state index in [1.54, 1.807) is 11.9 Å². The second-order valence-corrected chi connectivity index (χ2v) is 5.93. The molecule has 0 saturated heterocycles. The Labute approximate surface area is 115 Å². The standard InChI is InChI=1S/C13H16BrNO3/c1-9(14)7-15(2)13(16)12-8-17-10-5-3-4-6-11(10)18-12/h3-6,9,12H,7-8H2,1-2H3. The van der Waals surface area contributed by atoms with Crippen LogP contribution < -0.4 is 9.47 Å². The number of alkyl halides is 1. The molecule has 1 aliphatic heterocycles. The average Bonchev–Trinajstić information content (AvgIpc) is 2.36. The molecule has 98 valence electrons. The zero-order valence-electron chi connectivity index (χ0n) is 10.4. The molecule has 1 aliphatic rings. The Morgan fingerprint density at radius 2 is 2.17 bits per heavy atom. The van der Waals surface area contributed by atoms with Crippen molar-refractivity contribution in [1.29, 1.82) is 0 Å². The third kappa shape index (κ3) is 2.96. The highest BCUT2D eigenvalue weighted by Gasteiger charge is 2.29. The third-order valence-corrected chi connectivity index (χ3v) is 2.98. The molecule has 0 radical (unpaired) electrons. The first kappa shape index (κ1) is 13.2. The molecule has 4 nitrogen and oxygen atoms in total. The smallest absolute Gasteiger partial charge is 0.267 e. The number of fused-ring (bicyclic) bond motifs is 1. The van der Waals surface area contributed by atoms with Gasteiger partial charge in [-0.15, -0.1) is 0 Å². The van der Waals surface area contributed by atoms with Gasteiger partial charge in [-0.2, -0.15) is 0 Å². The number of likely N-dealkylation sites (N-methyl/N-ethyl adjacent to an activating group) is 1. The molecule has 2 atom stereocenters. The first-order valence-electron chi connectivity index (χ1n) is 5.85. The fraction of sp³-hybridized carbons (Fsp3) is 0.462. The van der Waals surface area contributed by atoms with E-state index in [4.69, 9.17) is 9.47 Å². The molecule has 2 rings (SSSR count). The second-order valence-electron chi connectivity index (χ2n) is 4.36. The van der Waals surface area contributed by atoms with E-state index in [1.807, 2.05) is 31.2 Å². The summed E-state index contributed by atoms with van der Waals surface area (Å²) in [6.45, 7) is 2.90. The molecule has 0 fully saturated rings. The number of amides is 1. The van der Waals surface area contributed by atoms with Gasteiger partial charge in [-0.1, -0.05) is 35.0 Å². The number of nitrogens with zero attached hydrogens (tertiary/aromatic N) is 1. The van der Waals surface area contributed by atoms with Gasteiger partial charge < -0.3 is 14.4 Å². The van der Waals surface area contributed by atoms with Crippen molar-refractivity contribution in [2.24, 2.45) is 0 Å². The molecule has 5 heteroatoms. The van der Waals surface area contributed by atoms with Crippen LogP contribution in [0.4, 0.5) is 0 Å². The summed E-state index contributed by atoms with van der Waals surface area (Å²) >= 11 is 3.43. The molecule has 1 aromatic rings. The summed E-state index contributed by atoms with van der Waals surface area (Å²) < 4.78 is 11.2. The number of para-hydroxylation sites is 2. The number of hydrogen-bond acceptors (Lipinski definition) is 3. The van der Waals surface area contributed by atoms with Gasteiger partial charge in [0.1, 0.15) is 6.61 Å². The number of hydrogen-bond donors (Lipinski definition) is 0. The highest BCUT2D eigenvalue weighted by molar-refractivity contribution is 9.09. The fourth-order valence-corrected chi connectivity index (χ4v) is 2.29. The first-order chi connectivity index (χ1) is 8.58. The lowest BCUT2D eigenvalue weighted by atomic mass is 10.2. The predicted octanol–water partition coefficient (Wildman–Crippen LogP) is 2.07. The fourth-order valence-electron chi connectivity index (χ4n) is 1.85. The molecule has 1 heterocycles. The van der Waals surface area contributed by atoms with Crippen LogP contribution in [-0.4, -0.2) is 41.9 Å². The second kappa shape index (κ2) is 5.61. The van der Waals surface area contributed by atoms with E-state index in [0.29, 0.717) is 18.0 Å². The lowest BCUT2D eigenvalue weighted by Gasteiger charge is -2.29. The van der Waals surface area contributed by atoms with E-state index >= 15 is 0 Å². The Morgan fingerprint density at radius 3 is 2.83 bits per heavy atom. The van der Waals surface area contributed by atoms with Crippen LogP contribution in [0, 0.1) is 0 Å². The molecule has 0 aromatic heterocycles. The monoisotopic (exact) mass is 313 g/mol. The van der Waals surface area contributed by atoms with Gasteiger partial charge in [0.2, 0.25) is 6.10 Å². The number of carbonyl (C=O) groups is 1. The third-order valence-electron chi connectivity index (χ3n) is 2.69. The van der Waals surface area contributed by atoms with E-state index in [2.05, 4.69) is 15.9 Å². The van der Waals surface area contributed by atoms with Gasteiger partial charge in [-0.3, -0.25) is 4.79 Å². The Morgan fingerprint density at radius 1 is 1.50 bits per heavy atom. The zero-order chi connectivity index (χ0) is 13.1. The molecule has 1 aromatic carbocycles. The van der Waals surface area contributed by atoms with Gasteiger partial charge in [0, 0.05) is 18.4 Å². The number of rotatable bonds is 3. The topological polar surface area (TPSA) is 38.8 Å². The van der Waals surface area contributed by atoms with Crippen LogP contribution in [-0.2, 0) is 4.79 Å². The summed E-state index contributed by atoms with van der Waals surface area (Å²) in [5.41, 5.74) is 0. The first-order valence-corrected chi connectivity index (χ1v) is 6.77. The van der Waals surface area contributed by atoms with Gasteiger partial charge in [-0.25, -0.2) is 0 Å². The van der Waals surface area contributed by atoms with E-state index in [9.17, 15) is 4.79 Å². The van der Waals surface area contributed by atoms with E-state index < -0.39 is 6.10 Å². The summed E-state index contributed by atoms with van der Waals surface area (Å²) in [4.78, 5) is 14.1. The molecular formula is C13H16BrNO3. The van der Waals surface area contributed by atoms with E-state index in [1.165, 1.54) is 0 Å². The molecule has 0 N–H and O–H groups in total. The minimum atomic E-state index is -0.559. The van der Waals surface area contributed by atoms with Crippen molar-refractivity contribution in [1.82, 2.24) is 4.90 Å². The molecule has 0 aliphatic carbocycles. The van der Waals surface area contributed by atoms with Crippen LogP contribution in [0.5, 0.6) is 11.5 Å². The van der Waals surface area contributed by atoms with Crippen LogP contribution in [0.2, 0.25) is 0 Å². The summed E-state index contributed by atoms with van der Waals surface area (Å²) in [7, 11) is 1.77. The van der Waals surface area contributed by atoms with Crippen molar-refractivity contribution < 1.29 is 14.3 Å². The number of ether oxygens (including phenoxy) is 2. The van der Waals surface area contributed by atoms with Crippen molar-refractivity contribution >= 4 is 21.8 Å². The lowest BCUT2D eigenvalue weighted by molar-refractivity contribution is -0.139. The Bertz CT molecular complexity index is 436. The highest BCUT2D eigenvalue weighted by Crippen LogP contribution is 2.31. The largest absolute Gasteiger partial charge is 0.485 e. The Hall–Kier alpha value is -1.23. The summed E-state index contributed by atoms with van der Waals surface area (Å²) in [6.07, 6.45) is -0.559. The lowest BCUT2D eigenvalue weighted by Crippen LogP contribution is -2.46. The summed E-state index contributed by atoms with van der Waals surface area (Å²) in [6, 6.07) is 7.38.